The average Bonchev–Trinajstić information content (AvgIpc) is 2.28. The summed E-state index contributed by atoms with van der Waals surface area (Å²) in [6, 6.07) is 7.33. The van der Waals surface area contributed by atoms with E-state index in [-0.39, 0.29) is 11.8 Å². The van der Waals surface area contributed by atoms with Crippen LogP contribution in [0.1, 0.15) is 13.8 Å². The maximum absolute atomic E-state index is 11.7. The minimum atomic E-state index is -0.573. The van der Waals surface area contributed by atoms with Gasteiger partial charge >= 0.3 is 0 Å². The molecule has 0 aliphatic heterocycles. The molecule has 0 radical (unpaired) electrons. The Morgan fingerprint density at radius 2 is 1.88 bits per heavy atom. The number of rotatable bonds is 5. The number of amides is 1. The Labute approximate surface area is 109 Å². The standard InChI is InChI=1S/C12H16BrNO3/c1-8(2)11(12(15)14-16-3)17-10-6-4-9(13)5-7-10/h4-8,11H,1-3H3,(H,14,15). The van der Waals surface area contributed by atoms with Crippen molar-refractivity contribution in [1.29, 1.82) is 0 Å². The van der Waals surface area contributed by atoms with Crippen molar-refractivity contribution in [3.05, 3.63) is 28.7 Å². The van der Waals surface area contributed by atoms with E-state index in [9.17, 15) is 4.79 Å². The van der Waals surface area contributed by atoms with Crippen molar-refractivity contribution in [3.8, 4) is 5.75 Å². The Balaban J connectivity index is 2.73. The minimum Gasteiger partial charge on any atom is -0.480 e. The van der Waals surface area contributed by atoms with Crippen molar-refractivity contribution in [2.75, 3.05) is 7.11 Å². The molecule has 0 spiro atoms. The molecule has 1 aromatic carbocycles. The number of halogens is 1. The molecule has 4 nitrogen and oxygen atoms in total. The predicted octanol–water partition coefficient (Wildman–Crippen LogP) is 2.53. The van der Waals surface area contributed by atoms with Gasteiger partial charge in [0.2, 0.25) is 0 Å². The van der Waals surface area contributed by atoms with Gasteiger partial charge in [-0.1, -0.05) is 29.8 Å². The highest BCUT2D eigenvalue weighted by atomic mass is 79.9. The zero-order valence-electron chi connectivity index (χ0n) is 10.1. The Morgan fingerprint density at radius 3 is 2.35 bits per heavy atom. The lowest BCUT2D eigenvalue weighted by molar-refractivity contribution is -0.140. The highest BCUT2D eigenvalue weighted by Gasteiger charge is 2.24. The summed E-state index contributed by atoms with van der Waals surface area (Å²) < 4.78 is 6.60. The highest BCUT2D eigenvalue weighted by molar-refractivity contribution is 9.10. The molecule has 1 rings (SSSR count). The normalized spacial score (nSPS) is 12.3. The van der Waals surface area contributed by atoms with Crippen LogP contribution in [0.15, 0.2) is 28.7 Å². The molecular formula is C12H16BrNO3. The second-order valence-corrected chi connectivity index (χ2v) is 4.82. The molecule has 17 heavy (non-hydrogen) atoms. The number of benzene rings is 1. The molecule has 0 saturated heterocycles. The molecule has 5 heteroatoms. The quantitative estimate of drug-likeness (QED) is 0.850. The van der Waals surface area contributed by atoms with E-state index in [1.807, 2.05) is 26.0 Å². The SMILES string of the molecule is CONC(=O)C(Oc1ccc(Br)cc1)C(C)C. The summed E-state index contributed by atoms with van der Waals surface area (Å²) in [6.45, 7) is 3.83. The van der Waals surface area contributed by atoms with Gasteiger partial charge in [-0.15, -0.1) is 0 Å². The van der Waals surface area contributed by atoms with Gasteiger partial charge in [0.25, 0.3) is 5.91 Å². The first-order valence-corrected chi connectivity index (χ1v) is 6.09. The lowest BCUT2D eigenvalue weighted by atomic mass is 10.1. The number of hydrogen-bond donors (Lipinski definition) is 1. The van der Waals surface area contributed by atoms with Gasteiger partial charge in [0.1, 0.15) is 5.75 Å². The number of carbonyl (C=O) groups is 1. The fourth-order valence-corrected chi connectivity index (χ4v) is 1.58. The van der Waals surface area contributed by atoms with Gasteiger partial charge in [0.15, 0.2) is 6.10 Å². The van der Waals surface area contributed by atoms with Crippen LogP contribution in [0.3, 0.4) is 0 Å². The number of ether oxygens (including phenoxy) is 1. The summed E-state index contributed by atoms with van der Waals surface area (Å²) in [5.41, 5.74) is 2.29. The van der Waals surface area contributed by atoms with Gasteiger partial charge in [0, 0.05) is 4.47 Å². The first kappa shape index (κ1) is 14.0. The zero-order chi connectivity index (χ0) is 12.8. The number of hydrogen-bond acceptors (Lipinski definition) is 3. The summed E-state index contributed by atoms with van der Waals surface area (Å²) in [7, 11) is 1.40. The molecule has 1 amide bonds. The van der Waals surface area contributed by atoms with E-state index in [1.54, 1.807) is 12.1 Å². The van der Waals surface area contributed by atoms with Crippen molar-refractivity contribution >= 4 is 21.8 Å². The molecule has 0 saturated carbocycles. The second-order valence-electron chi connectivity index (χ2n) is 3.91. The molecule has 94 valence electrons. The molecular weight excluding hydrogens is 286 g/mol. The average molecular weight is 302 g/mol. The molecule has 0 fully saturated rings. The monoisotopic (exact) mass is 301 g/mol. The number of hydroxylamine groups is 1. The predicted molar refractivity (Wildman–Crippen MR) is 68.5 cm³/mol. The molecule has 0 aliphatic rings. The van der Waals surface area contributed by atoms with E-state index >= 15 is 0 Å². The van der Waals surface area contributed by atoms with Crippen molar-refractivity contribution in [1.82, 2.24) is 5.48 Å². The van der Waals surface area contributed by atoms with Crippen LogP contribution in [0.25, 0.3) is 0 Å². The lowest BCUT2D eigenvalue weighted by Gasteiger charge is -2.21. The summed E-state index contributed by atoms with van der Waals surface area (Å²) in [5, 5.41) is 0. The fourth-order valence-electron chi connectivity index (χ4n) is 1.31. The van der Waals surface area contributed by atoms with Crippen molar-refractivity contribution < 1.29 is 14.4 Å². The first-order chi connectivity index (χ1) is 8.04. The Bertz CT molecular complexity index is 365. The molecule has 1 N–H and O–H groups in total. The van der Waals surface area contributed by atoms with Crippen LogP contribution in [-0.4, -0.2) is 19.1 Å². The number of carbonyl (C=O) groups excluding carboxylic acids is 1. The van der Waals surface area contributed by atoms with Crippen LogP contribution in [0, 0.1) is 5.92 Å². The second kappa shape index (κ2) is 6.61. The third-order valence-electron chi connectivity index (χ3n) is 2.14. The molecule has 0 heterocycles. The molecule has 1 unspecified atom stereocenters. The number of nitrogens with one attached hydrogen (secondary N) is 1. The summed E-state index contributed by atoms with van der Waals surface area (Å²) in [6.07, 6.45) is -0.573. The topological polar surface area (TPSA) is 47.6 Å². The van der Waals surface area contributed by atoms with E-state index in [4.69, 9.17) is 4.74 Å². The largest absolute Gasteiger partial charge is 0.480 e. The van der Waals surface area contributed by atoms with Crippen LogP contribution in [0.5, 0.6) is 5.75 Å². The van der Waals surface area contributed by atoms with Gasteiger partial charge < -0.3 is 4.74 Å². The summed E-state index contributed by atoms with van der Waals surface area (Å²) in [4.78, 5) is 16.3. The van der Waals surface area contributed by atoms with Crippen LogP contribution < -0.4 is 10.2 Å². The van der Waals surface area contributed by atoms with Crippen molar-refractivity contribution in [2.24, 2.45) is 5.92 Å². The van der Waals surface area contributed by atoms with Crippen LogP contribution in [0.2, 0.25) is 0 Å². The molecule has 1 atom stereocenters. The van der Waals surface area contributed by atoms with E-state index in [2.05, 4.69) is 26.2 Å². The molecule has 0 aliphatic carbocycles. The van der Waals surface area contributed by atoms with E-state index in [1.165, 1.54) is 7.11 Å². The van der Waals surface area contributed by atoms with E-state index in [0.717, 1.165) is 4.47 Å². The smallest absolute Gasteiger partial charge is 0.284 e. The third kappa shape index (κ3) is 4.36. The molecule has 1 aromatic rings. The maximum Gasteiger partial charge on any atom is 0.284 e. The first-order valence-electron chi connectivity index (χ1n) is 5.29. The highest BCUT2D eigenvalue weighted by Crippen LogP contribution is 2.19. The van der Waals surface area contributed by atoms with Gasteiger partial charge in [-0.2, -0.15) is 0 Å². The Morgan fingerprint density at radius 1 is 1.29 bits per heavy atom. The van der Waals surface area contributed by atoms with Gasteiger partial charge in [-0.05, 0) is 30.2 Å². The van der Waals surface area contributed by atoms with Crippen molar-refractivity contribution in [3.63, 3.8) is 0 Å². The third-order valence-corrected chi connectivity index (χ3v) is 2.67. The maximum atomic E-state index is 11.7. The van der Waals surface area contributed by atoms with Gasteiger partial charge in [-0.25, -0.2) is 5.48 Å². The van der Waals surface area contributed by atoms with E-state index < -0.39 is 6.10 Å². The zero-order valence-corrected chi connectivity index (χ0v) is 11.7. The van der Waals surface area contributed by atoms with Crippen LogP contribution in [-0.2, 0) is 9.63 Å². The van der Waals surface area contributed by atoms with Crippen LogP contribution in [0.4, 0.5) is 0 Å². The minimum absolute atomic E-state index is 0.0498. The lowest BCUT2D eigenvalue weighted by Crippen LogP contribution is -2.41. The van der Waals surface area contributed by atoms with Gasteiger partial charge in [-0.3, -0.25) is 9.63 Å². The summed E-state index contributed by atoms with van der Waals surface area (Å²) in [5.74, 6) is 0.414. The van der Waals surface area contributed by atoms with Crippen molar-refractivity contribution in [2.45, 2.75) is 20.0 Å². The van der Waals surface area contributed by atoms with Gasteiger partial charge in [0.05, 0.1) is 7.11 Å². The molecule has 0 bridgehead atoms. The Hall–Kier alpha value is -1.07. The van der Waals surface area contributed by atoms with Crippen LogP contribution >= 0.6 is 15.9 Å². The summed E-state index contributed by atoms with van der Waals surface area (Å²) >= 11 is 3.34. The Kier molecular flexibility index (Phi) is 5.44. The molecule has 0 aromatic heterocycles. The van der Waals surface area contributed by atoms with E-state index in [0.29, 0.717) is 5.75 Å². The fraction of sp³-hybridized carbons (Fsp3) is 0.417.